The number of amides is 7. The van der Waals surface area contributed by atoms with Gasteiger partial charge in [-0.1, -0.05) is 12.1 Å². The number of carbonyl (C=O) groups is 8. The fraction of sp³-hybridized carbons (Fsp3) is 0.376. The number of likely N-dealkylation sites (N-methyl/N-ethyl adjacent to an activating group) is 3. The van der Waals surface area contributed by atoms with Gasteiger partial charge in [-0.05, 0) is 154 Å². The molecule has 0 atom stereocenters. The number of nitrogens with zero attached hydrogens (tertiary/aromatic N) is 20. The van der Waals surface area contributed by atoms with Crippen molar-refractivity contribution in [2.24, 2.45) is 28.2 Å². The minimum Gasteiger partial charge on any atom is -0.461 e. The summed E-state index contributed by atoms with van der Waals surface area (Å²) in [6, 6.07) is 22.4. The van der Waals surface area contributed by atoms with Gasteiger partial charge in [0.25, 0.3) is 0 Å². The molecule has 41 nitrogen and oxygen atoms in total. The summed E-state index contributed by atoms with van der Waals surface area (Å²) in [5.41, 5.74) is 11.6. The smallest absolute Gasteiger partial charge is 0.407 e. The molecule has 41 heteroatoms. The molecule has 0 radical (unpaired) electrons. The maximum atomic E-state index is 11.1. The lowest BCUT2D eigenvalue weighted by Crippen LogP contribution is -2.25. The summed E-state index contributed by atoms with van der Waals surface area (Å²) in [6.45, 7) is 27.0. The molecular formula is C93H133N29O12. The van der Waals surface area contributed by atoms with Crippen molar-refractivity contribution < 1.29 is 57.1 Å². The van der Waals surface area contributed by atoms with Crippen LogP contribution in [-0.4, -0.2) is 205 Å². The van der Waals surface area contributed by atoms with E-state index in [9.17, 15) is 38.4 Å². The molecule has 0 fully saturated rings. The normalized spacial score (nSPS) is 9.65. The van der Waals surface area contributed by atoms with Crippen LogP contribution >= 0.6 is 0 Å². The third kappa shape index (κ3) is 59.0. The molecule has 13 heterocycles. The molecule has 0 bridgehead atoms. The van der Waals surface area contributed by atoms with Gasteiger partial charge in [0.05, 0.1) is 86.7 Å². The van der Waals surface area contributed by atoms with Crippen LogP contribution in [0.15, 0.2) is 233 Å². The van der Waals surface area contributed by atoms with E-state index in [0.29, 0.717) is 63.9 Å². The molecular weight excluding hydrogens is 1720 g/mol. The molecule has 0 spiro atoms. The Hall–Kier alpha value is -15.3. The Bertz CT molecular complexity index is 5110. The maximum absolute atomic E-state index is 11.1. The molecule has 0 saturated carbocycles. The summed E-state index contributed by atoms with van der Waals surface area (Å²) in [7, 11) is 12.9. The number of nitrogens with one attached hydrogen (secondary N) is 9. The van der Waals surface area contributed by atoms with Crippen LogP contribution in [0.1, 0.15) is 124 Å². The molecule has 0 aromatic carbocycles. The number of hydrogen-bond acceptors (Lipinski definition) is 28. The molecule has 9 N–H and O–H groups in total. The third-order valence-electron chi connectivity index (χ3n) is 17.2. The van der Waals surface area contributed by atoms with Gasteiger partial charge in [0.1, 0.15) is 13.2 Å². The fourth-order valence-electron chi connectivity index (χ4n) is 9.86. The number of alkyl carbamates (subject to hydrolysis) is 1. The van der Waals surface area contributed by atoms with Crippen molar-refractivity contribution in [2.45, 2.75) is 147 Å². The first-order valence-corrected chi connectivity index (χ1v) is 42.9. The van der Waals surface area contributed by atoms with Crippen molar-refractivity contribution in [2.75, 3.05) is 60.5 Å². The first-order valence-electron chi connectivity index (χ1n) is 42.9. The van der Waals surface area contributed by atoms with Crippen LogP contribution < -0.4 is 47.9 Å². The highest BCUT2D eigenvalue weighted by molar-refractivity contribution is 5.78. The Morgan fingerprint density at radius 1 is 0.410 bits per heavy atom. The van der Waals surface area contributed by atoms with Gasteiger partial charge in [-0.25, -0.2) is 34.7 Å². The molecule has 13 aromatic heterocycles. The molecule has 0 unspecified atom stereocenters. The van der Waals surface area contributed by atoms with Crippen molar-refractivity contribution in [3.8, 4) is 11.4 Å². The lowest BCUT2D eigenvalue weighted by atomic mass is 10.2. The second-order valence-electron chi connectivity index (χ2n) is 28.1. The van der Waals surface area contributed by atoms with Crippen molar-refractivity contribution in [3.05, 3.63) is 291 Å². The van der Waals surface area contributed by atoms with Crippen LogP contribution in [0, 0.1) is 13.8 Å². The summed E-state index contributed by atoms with van der Waals surface area (Å²) in [5.74, 6) is 0.981. The first kappa shape index (κ1) is 115. The van der Waals surface area contributed by atoms with E-state index in [1.807, 2.05) is 188 Å². The Morgan fingerprint density at radius 3 is 1.29 bits per heavy atom. The SMILES string of the molecule is CC(=O)NCCCn1ccnc1.CC(=O)NCCn1ccnc1.CC(=O)NCc1ccncc1.CC(=O)NCc1cncn1C.CC(=O)OCc1ccncc1.CCNC(=O)Cc1cncn1C.CCNCc1cncn1C.CCOCc1c(C)ncn1C.CNC(=O)Cc1ccncc1.CNC(=O)OCc1ccncc1.CNCCc1ccncc1.Cc1nc(-c2ccncc2)no1. The molecule has 0 aliphatic carbocycles. The van der Waals surface area contributed by atoms with E-state index in [2.05, 4.69) is 125 Å². The molecule has 0 saturated heterocycles. The van der Waals surface area contributed by atoms with E-state index in [0.717, 1.165) is 109 Å². The predicted molar refractivity (Wildman–Crippen MR) is 508 cm³/mol. The highest BCUT2D eigenvalue weighted by Crippen LogP contribution is 2.13. The Labute approximate surface area is 784 Å². The second kappa shape index (κ2) is 73.5. The van der Waals surface area contributed by atoms with Gasteiger partial charge in [0.2, 0.25) is 47.2 Å². The van der Waals surface area contributed by atoms with Crippen LogP contribution in [0.25, 0.3) is 11.4 Å². The van der Waals surface area contributed by atoms with Gasteiger partial charge in [-0.2, -0.15) is 4.98 Å². The second-order valence-corrected chi connectivity index (χ2v) is 28.1. The summed E-state index contributed by atoms with van der Waals surface area (Å²) < 4.78 is 31.3. The van der Waals surface area contributed by atoms with E-state index in [1.54, 1.807) is 138 Å². The van der Waals surface area contributed by atoms with Crippen molar-refractivity contribution >= 4 is 47.5 Å². The Morgan fingerprint density at radius 2 is 0.873 bits per heavy atom. The number of aryl methyl sites for hydroxylation is 7. The van der Waals surface area contributed by atoms with Crippen molar-refractivity contribution in [1.82, 2.24) is 145 Å². The van der Waals surface area contributed by atoms with Crippen LogP contribution in [0.2, 0.25) is 0 Å². The standard InChI is InChI=1S/C8H7N3O.2C8H13N3O.C8H10N2O2.2C8H10N2O.C8H14N2O.C8H12N2.C8H9NO2.2C7H11N3O.C7H13N3/c1-6-10-8(11-12-6)7-2-4-9-5-3-7;1-8(12)10-3-2-5-11-6-4-9-7-11;1-3-10-8(12)4-7-5-9-6-11(7)2;1-9-8(11)12-6-7-2-4-10-5-3-7;1-9-8(11)6-7-2-4-10-5-3-7;1-7(11)10-6-8-2-4-9-5-3-8;1-4-11-5-8-7(2)9-6-10(8)3;1-9-5-2-8-3-6-10-7-4-8;1-7(10)11-6-8-2-4-9-5-3-8;1-6(11)9-4-7-3-8-5-10(7)2;1-7(11)9-3-5-10-4-2-8-6-10;1-3-8-4-7-5-9-6-10(7)2/h2-5H,1H3;4,6-7H,2-3,5H2,1H3,(H,10,12);5-6H,3-4H2,1-2H3,(H,10,12);2-5H,6H2,1H3,(H,9,11);2-5H,6H2,1H3,(H,9,11);2-5H,6H2,1H3,(H,10,11);6H,4-5H2,1-3H3;3-4,6-7,9H,2,5H2,1H3;2-5H,6H2,1H3;3,5H,4H2,1-2H3,(H,9,11);2,4,6H,3,5H2,1H3,(H,9,11);5-6,8H,3-4H2,1-2H3. The van der Waals surface area contributed by atoms with Gasteiger partial charge < -0.3 is 94.0 Å². The van der Waals surface area contributed by atoms with Gasteiger partial charge >= 0.3 is 12.1 Å². The highest BCUT2D eigenvalue weighted by atomic mass is 16.5. The third-order valence-corrected chi connectivity index (χ3v) is 17.2. The van der Waals surface area contributed by atoms with E-state index in [1.165, 1.54) is 52.9 Å². The molecule has 13 rings (SSSR count). The Balaban J connectivity index is 0.000000495. The van der Waals surface area contributed by atoms with E-state index < -0.39 is 6.09 Å². The highest BCUT2D eigenvalue weighted by Gasteiger charge is 2.08. The molecule has 0 aliphatic heterocycles. The monoisotopic (exact) mass is 1850 g/mol. The number of rotatable bonds is 30. The van der Waals surface area contributed by atoms with Crippen LogP contribution in [-0.2, 0) is 148 Å². The van der Waals surface area contributed by atoms with Crippen LogP contribution in [0.4, 0.5) is 4.79 Å². The number of esters is 1. The zero-order valence-corrected chi connectivity index (χ0v) is 79.9. The zero-order valence-electron chi connectivity index (χ0n) is 79.9. The number of ether oxygens (including phenoxy) is 3. The maximum Gasteiger partial charge on any atom is 0.407 e. The summed E-state index contributed by atoms with van der Waals surface area (Å²) >= 11 is 0. The summed E-state index contributed by atoms with van der Waals surface area (Å²) in [6.07, 6.45) is 45.9. The predicted octanol–water partition coefficient (Wildman–Crippen LogP) is 7.83. The van der Waals surface area contributed by atoms with Gasteiger partial charge in [-0.15, -0.1) is 0 Å². The molecule has 722 valence electrons. The molecule has 13 aromatic rings. The largest absolute Gasteiger partial charge is 0.461 e. The first-order chi connectivity index (χ1) is 64.6. The van der Waals surface area contributed by atoms with Crippen molar-refractivity contribution in [1.29, 1.82) is 0 Å². The average molecular weight is 1850 g/mol. The van der Waals surface area contributed by atoms with Crippen LogP contribution in [0.3, 0.4) is 0 Å². The van der Waals surface area contributed by atoms with Gasteiger partial charge in [0.15, 0.2) is 0 Å². The fourth-order valence-corrected chi connectivity index (χ4v) is 9.86. The number of imidazole rings is 6. The van der Waals surface area contributed by atoms with Gasteiger partial charge in [0, 0.05) is 265 Å². The zero-order chi connectivity index (χ0) is 98.6. The number of hydrogen-bond donors (Lipinski definition) is 9. The molecule has 0 aliphatic rings. The molecule has 7 amide bonds. The summed E-state index contributed by atoms with van der Waals surface area (Å²) in [5, 5.41) is 28.6. The van der Waals surface area contributed by atoms with Gasteiger partial charge in [-0.3, -0.25) is 63.5 Å². The number of pyridine rings is 6. The quantitative estimate of drug-likeness (QED) is 0.0153. The minimum absolute atomic E-state index is 0.00474. The Kier molecular flexibility index (Phi) is 63.0. The topological polar surface area (TPSA) is 496 Å². The summed E-state index contributed by atoms with van der Waals surface area (Å²) in [4.78, 5) is 136. The van der Waals surface area contributed by atoms with Crippen LogP contribution in [0.5, 0.6) is 0 Å². The van der Waals surface area contributed by atoms with E-state index in [4.69, 9.17) is 18.7 Å². The average Bonchev–Trinajstić information content (AvgIpc) is 1.73. The number of aromatic nitrogens is 20. The lowest BCUT2D eigenvalue weighted by Gasteiger charge is -2.02. The van der Waals surface area contributed by atoms with E-state index >= 15 is 0 Å². The number of carbonyl (C=O) groups excluding carboxylic acids is 8. The van der Waals surface area contributed by atoms with Crippen molar-refractivity contribution in [3.63, 3.8) is 0 Å². The lowest BCUT2D eigenvalue weighted by molar-refractivity contribution is -0.142. The minimum atomic E-state index is -0.424. The van der Waals surface area contributed by atoms with E-state index in [-0.39, 0.29) is 48.0 Å². The molecule has 134 heavy (non-hydrogen) atoms.